The number of nitrogens with one attached hydrogen (secondary N) is 1. The molecular weight excluding hydrogens is 220 g/mol. The summed E-state index contributed by atoms with van der Waals surface area (Å²) in [5.74, 6) is 0.418. The zero-order valence-corrected chi connectivity index (χ0v) is 9.17. The molecule has 6 nitrogen and oxygen atoms in total. The lowest BCUT2D eigenvalue weighted by Gasteiger charge is -2.36. The van der Waals surface area contributed by atoms with Gasteiger partial charge in [-0.3, -0.25) is 19.9 Å². The van der Waals surface area contributed by atoms with Gasteiger partial charge >= 0.3 is 0 Å². The molecule has 2 amide bonds. The number of aliphatic imine (C=N–C) groups is 1. The maximum absolute atomic E-state index is 11.8. The van der Waals surface area contributed by atoms with Gasteiger partial charge in [-0.25, -0.2) is 4.99 Å². The van der Waals surface area contributed by atoms with E-state index in [0.29, 0.717) is 19.4 Å². The quantitative estimate of drug-likeness (QED) is 0.634. The lowest BCUT2D eigenvalue weighted by atomic mass is 10.1. The molecule has 1 saturated heterocycles. The fraction of sp³-hybridized carbons (Fsp3) is 0.364. The van der Waals surface area contributed by atoms with E-state index in [1.165, 1.54) is 0 Å². The van der Waals surface area contributed by atoms with E-state index in [1.54, 1.807) is 6.21 Å². The van der Waals surface area contributed by atoms with Gasteiger partial charge in [-0.1, -0.05) is 0 Å². The van der Waals surface area contributed by atoms with Gasteiger partial charge in [-0.15, -0.1) is 0 Å². The SMILES string of the molecule is O=C1CC[C@@H](N2CC=C3N=CC=CN32)C(=O)N1. The van der Waals surface area contributed by atoms with Gasteiger partial charge in [-0.2, -0.15) is 5.01 Å². The Hall–Kier alpha value is -1.95. The Morgan fingerprint density at radius 3 is 3.12 bits per heavy atom. The molecule has 0 radical (unpaired) electrons. The molecule has 0 aromatic rings. The Kier molecular flexibility index (Phi) is 2.29. The van der Waals surface area contributed by atoms with Crippen LogP contribution in [-0.4, -0.2) is 40.6 Å². The second-order valence-electron chi connectivity index (χ2n) is 4.12. The molecule has 3 rings (SSSR count). The van der Waals surface area contributed by atoms with Gasteiger partial charge in [0.25, 0.3) is 0 Å². The van der Waals surface area contributed by atoms with Crippen molar-refractivity contribution in [2.24, 2.45) is 4.99 Å². The molecule has 88 valence electrons. The maximum Gasteiger partial charge on any atom is 0.245 e. The predicted molar refractivity (Wildman–Crippen MR) is 60.4 cm³/mol. The van der Waals surface area contributed by atoms with Crippen LogP contribution in [0, 0.1) is 0 Å². The van der Waals surface area contributed by atoms with Crippen molar-refractivity contribution in [3.8, 4) is 0 Å². The van der Waals surface area contributed by atoms with Crippen LogP contribution >= 0.6 is 0 Å². The van der Waals surface area contributed by atoms with Gasteiger partial charge < -0.3 is 0 Å². The van der Waals surface area contributed by atoms with Gasteiger partial charge in [0.2, 0.25) is 11.8 Å². The number of allylic oxidation sites excluding steroid dienone is 1. The third-order valence-electron chi connectivity index (χ3n) is 3.06. The van der Waals surface area contributed by atoms with E-state index in [1.807, 2.05) is 28.4 Å². The highest BCUT2D eigenvalue weighted by Gasteiger charge is 2.37. The van der Waals surface area contributed by atoms with E-state index in [9.17, 15) is 9.59 Å². The molecule has 3 heterocycles. The van der Waals surface area contributed by atoms with Gasteiger partial charge in [0.05, 0.1) is 0 Å². The minimum absolute atomic E-state index is 0.189. The Labute approximate surface area is 98.3 Å². The summed E-state index contributed by atoms with van der Waals surface area (Å²) >= 11 is 0. The van der Waals surface area contributed by atoms with E-state index in [2.05, 4.69) is 10.3 Å². The van der Waals surface area contributed by atoms with Crippen LogP contribution in [-0.2, 0) is 9.59 Å². The van der Waals surface area contributed by atoms with Crippen LogP contribution in [0.3, 0.4) is 0 Å². The lowest BCUT2D eigenvalue weighted by molar-refractivity contribution is -0.140. The molecule has 1 atom stereocenters. The molecule has 0 aromatic carbocycles. The van der Waals surface area contributed by atoms with E-state index in [-0.39, 0.29) is 17.9 Å². The third-order valence-corrected chi connectivity index (χ3v) is 3.06. The van der Waals surface area contributed by atoms with Crippen LogP contribution in [0.2, 0.25) is 0 Å². The zero-order valence-electron chi connectivity index (χ0n) is 9.17. The summed E-state index contributed by atoms with van der Waals surface area (Å²) in [4.78, 5) is 27.1. The number of fused-ring (bicyclic) bond motifs is 1. The first-order valence-electron chi connectivity index (χ1n) is 5.56. The van der Waals surface area contributed by atoms with Crippen LogP contribution in [0.1, 0.15) is 12.8 Å². The van der Waals surface area contributed by atoms with E-state index in [0.717, 1.165) is 5.82 Å². The molecule has 1 N–H and O–H groups in total. The number of hydrogen-bond donors (Lipinski definition) is 1. The van der Waals surface area contributed by atoms with Crippen LogP contribution < -0.4 is 5.32 Å². The summed E-state index contributed by atoms with van der Waals surface area (Å²) in [7, 11) is 0. The first kappa shape index (κ1) is 10.2. The van der Waals surface area contributed by atoms with E-state index in [4.69, 9.17) is 0 Å². The van der Waals surface area contributed by atoms with Crippen molar-refractivity contribution in [1.29, 1.82) is 0 Å². The summed E-state index contributed by atoms with van der Waals surface area (Å²) in [5, 5.41) is 6.15. The maximum atomic E-state index is 11.8. The third kappa shape index (κ3) is 1.66. The zero-order chi connectivity index (χ0) is 11.8. The Bertz CT molecular complexity index is 466. The molecule has 3 aliphatic rings. The smallest absolute Gasteiger partial charge is 0.245 e. The van der Waals surface area contributed by atoms with Crippen molar-refractivity contribution in [2.75, 3.05) is 6.54 Å². The predicted octanol–water partition coefficient (Wildman–Crippen LogP) is -0.236. The summed E-state index contributed by atoms with van der Waals surface area (Å²) < 4.78 is 0. The average Bonchev–Trinajstić information content (AvgIpc) is 2.73. The minimum Gasteiger partial charge on any atom is -0.295 e. The Morgan fingerprint density at radius 2 is 2.29 bits per heavy atom. The van der Waals surface area contributed by atoms with Crippen LogP contribution in [0.25, 0.3) is 0 Å². The molecule has 0 spiro atoms. The van der Waals surface area contributed by atoms with Crippen LogP contribution in [0.15, 0.2) is 29.2 Å². The van der Waals surface area contributed by atoms with Crippen LogP contribution in [0.4, 0.5) is 0 Å². The van der Waals surface area contributed by atoms with Gasteiger partial charge in [0.15, 0.2) is 0 Å². The normalized spacial score (nSPS) is 28.1. The number of carbonyl (C=O) groups is 2. The van der Waals surface area contributed by atoms with Crippen molar-refractivity contribution in [1.82, 2.24) is 15.3 Å². The summed E-state index contributed by atoms with van der Waals surface area (Å²) in [6, 6.07) is -0.292. The fourth-order valence-corrected chi connectivity index (χ4v) is 2.25. The molecule has 0 aliphatic carbocycles. The monoisotopic (exact) mass is 232 g/mol. The molecule has 0 bridgehead atoms. The van der Waals surface area contributed by atoms with Crippen molar-refractivity contribution in [2.45, 2.75) is 18.9 Å². The molecule has 0 aromatic heterocycles. The fourth-order valence-electron chi connectivity index (χ4n) is 2.25. The van der Waals surface area contributed by atoms with Crippen LogP contribution in [0.5, 0.6) is 0 Å². The molecule has 3 aliphatic heterocycles. The number of amides is 2. The number of rotatable bonds is 1. The topological polar surface area (TPSA) is 65.0 Å². The first-order chi connectivity index (χ1) is 8.25. The van der Waals surface area contributed by atoms with Gasteiger partial charge in [0.1, 0.15) is 11.9 Å². The number of hydrazine groups is 1. The highest BCUT2D eigenvalue weighted by atomic mass is 16.2. The summed E-state index contributed by atoms with van der Waals surface area (Å²) in [5.41, 5.74) is 0. The molecule has 0 unspecified atom stereocenters. The molecule has 6 heteroatoms. The molecule has 17 heavy (non-hydrogen) atoms. The average molecular weight is 232 g/mol. The van der Waals surface area contributed by atoms with E-state index >= 15 is 0 Å². The number of nitrogens with zero attached hydrogens (tertiary/aromatic N) is 3. The Balaban J connectivity index is 1.78. The highest BCUT2D eigenvalue weighted by Crippen LogP contribution is 2.25. The molecule has 1 fully saturated rings. The first-order valence-corrected chi connectivity index (χ1v) is 5.56. The summed E-state index contributed by atoms with van der Waals surface area (Å²) in [6.07, 6.45) is 8.32. The second kappa shape index (κ2) is 3.81. The van der Waals surface area contributed by atoms with Crippen molar-refractivity contribution in [3.05, 3.63) is 24.2 Å². The van der Waals surface area contributed by atoms with Crippen molar-refractivity contribution >= 4 is 18.0 Å². The standard InChI is InChI=1S/C11H12N4O2/c16-10-3-2-8(11(17)13-10)14-7-4-9-12-5-1-6-15(9)14/h1,4-6,8H,2-3,7H2,(H,13,16,17)/t8-/m1/s1. The number of imide groups is 1. The lowest BCUT2D eigenvalue weighted by Crippen LogP contribution is -2.55. The largest absolute Gasteiger partial charge is 0.295 e. The number of hydrogen-bond acceptors (Lipinski definition) is 5. The molecular formula is C11H12N4O2. The summed E-state index contributed by atoms with van der Waals surface area (Å²) in [6.45, 7) is 0.642. The van der Waals surface area contributed by atoms with Crippen molar-refractivity contribution in [3.63, 3.8) is 0 Å². The van der Waals surface area contributed by atoms with Crippen molar-refractivity contribution < 1.29 is 9.59 Å². The number of carbonyl (C=O) groups excluding carboxylic acids is 2. The van der Waals surface area contributed by atoms with Gasteiger partial charge in [-0.05, 0) is 18.6 Å². The highest BCUT2D eigenvalue weighted by molar-refractivity contribution is 6.00. The minimum atomic E-state index is -0.292. The second-order valence-corrected chi connectivity index (χ2v) is 4.12. The number of piperidine rings is 1. The van der Waals surface area contributed by atoms with E-state index < -0.39 is 0 Å². The van der Waals surface area contributed by atoms with Gasteiger partial charge in [0, 0.05) is 25.4 Å². The molecule has 0 saturated carbocycles. The Morgan fingerprint density at radius 1 is 1.41 bits per heavy atom.